The lowest BCUT2D eigenvalue weighted by Crippen LogP contribution is -2.52. The predicted octanol–water partition coefficient (Wildman–Crippen LogP) is -1.90. The lowest BCUT2D eigenvalue weighted by molar-refractivity contribution is -0.133. The third kappa shape index (κ3) is 1.79. The van der Waals surface area contributed by atoms with Crippen molar-refractivity contribution in [1.29, 1.82) is 0 Å². The van der Waals surface area contributed by atoms with Crippen LogP contribution in [0, 0.1) is 0 Å². The Kier molecular flexibility index (Phi) is 2.53. The molecule has 6 nitrogen and oxygen atoms in total. The summed E-state index contributed by atoms with van der Waals surface area (Å²) in [6, 6.07) is -0.626. The number of carbonyl (C=O) groups is 2. The molecule has 2 heterocycles. The van der Waals surface area contributed by atoms with Gasteiger partial charge in [-0.1, -0.05) is 0 Å². The lowest BCUT2D eigenvalue weighted by Gasteiger charge is -2.29. The van der Waals surface area contributed by atoms with Crippen LogP contribution < -0.4 is 16.0 Å². The highest BCUT2D eigenvalue weighted by Gasteiger charge is 2.30. The standard InChI is InChI=1S/C8H14N4O2/c13-7(6-5-10-8(14)11-6)12-3-1-9-2-4-12/h6,9H,1-5H2,(H2,10,11,14)/t6-/m1/s1. The molecule has 14 heavy (non-hydrogen) atoms. The van der Waals surface area contributed by atoms with E-state index >= 15 is 0 Å². The molecule has 0 aromatic rings. The van der Waals surface area contributed by atoms with Crippen LogP contribution in [0.15, 0.2) is 0 Å². The molecular formula is C8H14N4O2. The summed E-state index contributed by atoms with van der Waals surface area (Å²) < 4.78 is 0. The molecule has 0 saturated carbocycles. The van der Waals surface area contributed by atoms with Crippen molar-refractivity contribution in [3.05, 3.63) is 0 Å². The van der Waals surface area contributed by atoms with Crippen LogP contribution in [0.2, 0.25) is 0 Å². The Bertz CT molecular complexity index is 250. The van der Waals surface area contributed by atoms with Gasteiger partial charge in [-0.15, -0.1) is 0 Å². The van der Waals surface area contributed by atoms with Crippen molar-refractivity contribution in [2.45, 2.75) is 6.04 Å². The Labute approximate surface area is 82.0 Å². The van der Waals surface area contributed by atoms with Gasteiger partial charge in [0.15, 0.2) is 0 Å². The van der Waals surface area contributed by atoms with Crippen LogP contribution in [0.25, 0.3) is 0 Å². The van der Waals surface area contributed by atoms with E-state index in [4.69, 9.17) is 0 Å². The van der Waals surface area contributed by atoms with Crippen LogP contribution in [0.5, 0.6) is 0 Å². The largest absolute Gasteiger partial charge is 0.338 e. The lowest BCUT2D eigenvalue weighted by atomic mass is 10.2. The second-order valence-corrected chi connectivity index (χ2v) is 3.48. The molecule has 0 unspecified atom stereocenters. The zero-order chi connectivity index (χ0) is 9.97. The summed E-state index contributed by atoms with van der Waals surface area (Å²) in [5.41, 5.74) is 0. The quantitative estimate of drug-likeness (QED) is 0.461. The second kappa shape index (κ2) is 3.83. The fourth-order valence-electron chi connectivity index (χ4n) is 1.71. The molecule has 2 aliphatic rings. The highest BCUT2D eigenvalue weighted by Crippen LogP contribution is 2.00. The fraction of sp³-hybridized carbons (Fsp3) is 0.750. The van der Waals surface area contributed by atoms with Crippen LogP contribution in [-0.2, 0) is 4.79 Å². The first-order valence-corrected chi connectivity index (χ1v) is 4.81. The molecule has 2 rings (SSSR count). The van der Waals surface area contributed by atoms with Crippen molar-refractivity contribution in [3.8, 4) is 0 Å². The van der Waals surface area contributed by atoms with Gasteiger partial charge in [-0.05, 0) is 0 Å². The Balaban J connectivity index is 1.90. The summed E-state index contributed by atoms with van der Waals surface area (Å²) >= 11 is 0. The van der Waals surface area contributed by atoms with Gasteiger partial charge in [0.05, 0.1) is 0 Å². The minimum atomic E-state index is -0.374. The van der Waals surface area contributed by atoms with Crippen molar-refractivity contribution in [1.82, 2.24) is 20.9 Å². The number of rotatable bonds is 1. The zero-order valence-electron chi connectivity index (χ0n) is 7.88. The summed E-state index contributed by atoms with van der Waals surface area (Å²) in [5, 5.41) is 8.34. The molecule has 1 atom stereocenters. The minimum Gasteiger partial charge on any atom is -0.338 e. The number of hydrogen-bond acceptors (Lipinski definition) is 3. The van der Waals surface area contributed by atoms with E-state index in [0.717, 1.165) is 26.2 Å². The third-order valence-electron chi connectivity index (χ3n) is 2.50. The molecular weight excluding hydrogens is 184 g/mol. The molecule has 3 N–H and O–H groups in total. The summed E-state index contributed by atoms with van der Waals surface area (Å²) in [7, 11) is 0. The first-order valence-electron chi connectivity index (χ1n) is 4.81. The highest BCUT2D eigenvalue weighted by atomic mass is 16.2. The molecule has 0 aromatic heterocycles. The zero-order valence-corrected chi connectivity index (χ0v) is 7.88. The number of nitrogens with zero attached hydrogens (tertiary/aromatic N) is 1. The number of carbonyl (C=O) groups excluding carboxylic acids is 2. The van der Waals surface area contributed by atoms with E-state index < -0.39 is 0 Å². The van der Waals surface area contributed by atoms with Gasteiger partial charge in [-0.25, -0.2) is 4.79 Å². The van der Waals surface area contributed by atoms with Crippen molar-refractivity contribution < 1.29 is 9.59 Å². The maximum absolute atomic E-state index is 11.8. The van der Waals surface area contributed by atoms with Gasteiger partial charge in [0.2, 0.25) is 5.91 Å². The molecule has 2 fully saturated rings. The average Bonchev–Trinajstić information content (AvgIpc) is 2.65. The molecule has 78 valence electrons. The molecule has 0 radical (unpaired) electrons. The van der Waals surface area contributed by atoms with Gasteiger partial charge in [-0.3, -0.25) is 4.79 Å². The van der Waals surface area contributed by atoms with Crippen LogP contribution in [0.1, 0.15) is 0 Å². The van der Waals surface area contributed by atoms with E-state index in [-0.39, 0.29) is 18.0 Å². The van der Waals surface area contributed by atoms with Crippen LogP contribution >= 0.6 is 0 Å². The van der Waals surface area contributed by atoms with Gasteiger partial charge >= 0.3 is 6.03 Å². The van der Waals surface area contributed by atoms with E-state index in [1.807, 2.05) is 0 Å². The number of piperazine rings is 1. The van der Waals surface area contributed by atoms with E-state index in [1.165, 1.54) is 0 Å². The summed E-state index contributed by atoms with van der Waals surface area (Å²) in [6.07, 6.45) is 0. The first-order chi connectivity index (χ1) is 6.77. The average molecular weight is 198 g/mol. The van der Waals surface area contributed by atoms with Gasteiger partial charge in [0, 0.05) is 32.7 Å². The van der Waals surface area contributed by atoms with Crippen LogP contribution in [0.4, 0.5) is 4.79 Å². The molecule has 6 heteroatoms. The van der Waals surface area contributed by atoms with Crippen molar-refractivity contribution in [3.63, 3.8) is 0 Å². The number of amides is 3. The fourth-order valence-corrected chi connectivity index (χ4v) is 1.71. The summed E-state index contributed by atoms with van der Waals surface area (Å²) in [6.45, 7) is 3.53. The number of nitrogens with one attached hydrogen (secondary N) is 3. The second-order valence-electron chi connectivity index (χ2n) is 3.48. The number of hydrogen-bond donors (Lipinski definition) is 3. The monoisotopic (exact) mass is 198 g/mol. The van der Waals surface area contributed by atoms with E-state index in [1.54, 1.807) is 4.90 Å². The van der Waals surface area contributed by atoms with E-state index in [2.05, 4.69) is 16.0 Å². The molecule has 3 amide bonds. The van der Waals surface area contributed by atoms with Crippen LogP contribution in [-0.4, -0.2) is 55.6 Å². The summed E-state index contributed by atoms with van der Waals surface area (Å²) in [5.74, 6) is 0.0184. The number of urea groups is 1. The predicted molar refractivity (Wildman–Crippen MR) is 49.8 cm³/mol. The normalized spacial score (nSPS) is 27.0. The minimum absolute atomic E-state index is 0.0184. The van der Waals surface area contributed by atoms with Crippen molar-refractivity contribution >= 4 is 11.9 Å². The molecule has 0 bridgehead atoms. The molecule has 0 aliphatic carbocycles. The smallest absolute Gasteiger partial charge is 0.315 e. The Morgan fingerprint density at radius 3 is 2.64 bits per heavy atom. The Morgan fingerprint density at radius 2 is 2.07 bits per heavy atom. The van der Waals surface area contributed by atoms with E-state index in [9.17, 15) is 9.59 Å². The Morgan fingerprint density at radius 1 is 1.36 bits per heavy atom. The topological polar surface area (TPSA) is 73.5 Å². The Hall–Kier alpha value is -1.30. The van der Waals surface area contributed by atoms with Gasteiger partial charge < -0.3 is 20.9 Å². The molecule has 2 saturated heterocycles. The summed E-state index contributed by atoms with van der Waals surface area (Å²) in [4.78, 5) is 24.4. The van der Waals surface area contributed by atoms with Gasteiger partial charge in [0.1, 0.15) is 6.04 Å². The molecule has 0 aromatic carbocycles. The maximum atomic E-state index is 11.8. The van der Waals surface area contributed by atoms with Gasteiger partial charge in [0.25, 0.3) is 0 Å². The van der Waals surface area contributed by atoms with Crippen molar-refractivity contribution in [2.24, 2.45) is 0 Å². The highest BCUT2D eigenvalue weighted by molar-refractivity contribution is 5.90. The SMILES string of the molecule is O=C1NC[C@H](C(=O)N2CCNCC2)N1. The van der Waals surface area contributed by atoms with Gasteiger partial charge in [-0.2, -0.15) is 0 Å². The van der Waals surface area contributed by atoms with E-state index in [0.29, 0.717) is 6.54 Å². The van der Waals surface area contributed by atoms with Crippen LogP contribution in [0.3, 0.4) is 0 Å². The maximum Gasteiger partial charge on any atom is 0.315 e. The molecule has 0 spiro atoms. The van der Waals surface area contributed by atoms with Crippen molar-refractivity contribution in [2.75, 3.05) is 32.7 Å². The molecule has 2 aliphatic heterocycles. The third-order valence-corrected chi connectivity index (χ3v) is 2.50. The first kappa shape index (κ1) is 9.26.